The molecule has 0 saturated heterocycles. The molecule has 1 aromatic carbocycles. The number of esters is 2. The third-order valence-corrected chi connectivity index (χ3v) is 2.76. The molecule has 0 fully saturated rings. The number of halogens is 1. The maximum Gasteiger partial charge on any atom is 0.333 e. The van der Waals surface area contributed by atoms with Crippen LogP contribution in [0.1, 0.15) is 12.5 Å². The molecule has 0 aliphatic heterocycles. The van der Waals surface area contributed by atoms with Crippen molar-refractivity contribution in [2.75, 3.05) is 12.5 Å². The molecule has 0 spiro atoms. The molecule has 0 radical (unpaired) electrons. The second-order valence-corrected chi connectivity index (χ2v) is 4.64. The highest BCUT2D eigenvalue weighted by molar-refractivity contribution is 6.18. The minimum Gasteiger partial charge on any atom is -0.458 e. The van der Waals surface area contributed by atoms with Crippen molar-refractivity contribution in [3.05, 3.63) is 54.1 Å². The molecule has 1 rings (SSSR count). The second kappa shape index (κ2) is 8.97. The van der Waals surface area contributed by atoms with E-state index in [4.69, 9.17) is 21.1 Å². The molecule has 0 bridgehead atoms. The van der Waals surface area contributed by atoms with Crippen LogP contribution in [0.4, 0.5) is 0 Å². The first-order valence-electron chi connectivity index (χ1n) is 6.35. The van der Waals surface area contributed by atoms with Gasteiger partial charge in [-0.1, -0.05) is 36.9 Å². The molecule has 0 heterocycles. The first-order valence-corrected chi connectivity index (χ1v) is 6.88. The zero-order valence-electron chi connectivity index (χ0n) is 11.8. The molecule has 1 atom stereocenters. The molecule has 0 aliphatic rings. The fourth-order valence-electron chi connectivity index (χ4n) is 1.33. The highest BCUT2D eigenvalue weighted by Crippen LogP contribution is 2.04. The Bertz CT molecular complexity index is 522. The Kier molecular flexibility index (Phi) is 7.26. The molecule has 0 aromatic heterocycles. The number of rotatable bonds is 7. The predicted octanol–water partition coefficient (Wildman–Crippen LogP) is 2.97. The van der Waals surface area contributed by atoms with Crippen LogP contribution in [0.3, 0.4) is 0 Å². The minimum absolute atomic E-state index is 0.0361. The molecule has 0 saturated carbocycles. The Hall–Kier alpha value is -2.07. The van der Waals surface area contributed by atoms with Crippen LogP contribution in [-0.4, -0.2) is 30.5 Å². The molecular weight excluding hydrogens is 292 g/mol. The summed E-state index contributed by atoms with van der Waals surface area (Å²) in [5, 5.41) is 0. The summed E-state index contributed by atoms with van der Waals surface area (Å²) >= 11 is 5.68. The lowest BCUT2D eigenvalue weighted by Crippen LogP contribution is -2.26. The van der Waals surface area contributed by atoms with Crippen LogP contribution in [0.2, 0.25) is 0 Å². The Morgan fingerprint density at radius 2 is 2.00 bits per heavy atom. The van der Waals surface area contributed by atoms with E-state index in [2.05, 4.69) is 6.58 Å². The number of hydrogen-bond donors (Lipinski definition) is 0. The van der Waals surface area contributed by atoms with Gasteiger partial charge in [-0.25, -0.2) is 9.59 Å². The maximum absolute atomic E-state index is 11.6. The lowest BCUT2D eigenvalue weighted by Gasteiger charge is -2.14. The summed E-state index contributed by atoms with van der Waals surface area (Å²) in [6.45, 7) is 4.89. The summed E-state index contributed by atoms with van der Waals surface area (Å²) in [5.41, 5.74) is 1.16. The van der Waals surface area contributed by atoms with E-state index >= 15 is 0 Å². The molecule has 0 N–H and O–H groups in total. The topological polar surface area (TPSA) is 52.6 Å². The van der Waals surface area contributed by atoms with Gasteiger partial charge in [0.05, 0.1) is 5.88 Å². The van der Waals surface area contributed by atoms with Gasteiger partial charge in [0.15, 0.2) is 0 Å². The van der Waals surface area contributed by atoms with Crippen molar-refractivity contribution in [3.8, 4) is 0 Å². The van der Waals surface area contributed by atoms with Crippen molar-refractivity contribution in [2.24, 2.45) is 0 Å². The monoisotopic (exact) mass is 308 g/mol. The molecule has 1 aromatic rings. The van der Waals surface area contributed by atoms with Crippen LogP contribution >= 0.6 is 11.6 Å². The average molecular weight is 309 g/mol. The molecule has 1 unspecified atom stereocenters. The highest BCUT2D eigenvalue weighted by atomic mass is 35.5. The zero-order valence-corrected chi connectivity index (χ0v) is 12.5. The molecule has 112 valence electrons. The van der Waals surface area contributed by atoms with E-state index < -0.39 is 18.0 Å². The molecule has 21 heavy (non-hydrogen) atoms. The second-order valence-electron chi connectivity index (χ2n) is 4.34. The predicted molar refractivity (Wildman–Crippen MR) is 81.8 cm³/mol. The van der Waals surface area contributed by atoms with Gasteiger partial charge in [0.2, 0.25) is 0 Å². The van der Waals surface area contributed by atoms with Crippen LogP contribution in [-0.2, 0) is 19.1 Å². The van der Waals surface area contributed by atoms with Gasteiger partial charge in [-0.15, -0.1) is 11.6 Å². The number of carbonyl (C=O) groups is 2. The van der Waals surface area contributed by atoms with E-state index in [1.165, 1.54) is 13.0 Å². The first kappa shape index (κ1) is 17.0. The van der Waals surface area contributed by atoms with Crippen molar-refractivity contribution in [2.45, 2.75) is 13.0 Å². The lowest BCUT2D eigenvalue weighted by atomic mass is 10.2. The van der Waals surface area contributed by atoms with E-state index in [1.807, 2.05) is 30.3 Å². The summed E-state index contributed by atoms with van der Waals surface area (Å²) in [6.07, 6.45) is 2.24. The van der Waals surface area contributed by atoms with Crippen molar-refractivity contribution < 1.29 is 19.1 Å². The molecule has 5 heteroatoms. The average Bonchev–Trinajstić information content (AvgIpc) is 2.49. The molecular formula is C16H17ClO4. The van der Waals surface area contributed by atoms with Crippen LogP contribution in [0, 0.1) is 0 Å². The van der Waals surface area contributed by atoms with Crippen LogP contribution in [0.25, 0.3) is 6.08 Å². The molecule has 0 aliphatic carbocycles. The van der Waals surface area contributed by atoms with Gasteiger partial charge >= 0.3 is 11.9 Å². The van der Waals surface area contributed by atoms with Crippen LogP contribution < -0.4 is 0 Å². The van der Waals surface area contributed by atoms with Gasteiger partial charge in [-0.3, -0.25) is 0 Å². The highest BCUT2D eigenvalue weighted by Gasteiger charge is 2.14. The maximum atomic E-state index is 11.6. The summed E-state index contributed by atoms with van der Waals surface area (Å²) in [7, 11) is 0. The van der Waals surface area contributed by atoms with Gasteiger partial charge in [0.1, 0.15) is 12.7 Å². The number of alkyl halides is 1. The fourth-order valence-corrected chi connectivity index (χ4v) is 1.49. The Morgan fingerprint density at radius 1 is 1.33 bits per heavy atom. The normalized spacial score (nSPS) is 11.9. The third-order valence-electron chi connectivity index (χ3n) is 2.42. The largest absolute Gasteiger partial charge is 0.458 e. The summed E-state index contributed by atoms with van der Waals surface area (Å²) in [5.74, 6) is -1.05. The molecule has 0 amide bonds. The minimum atomic E-state index is -0.692. The summed E-state index contributed by atoms with van der Waals surface area (Å²) in [4.78, 5) is 22.9. The van der Waals surface area contributed by atoms with E-state index in [0.717, 1.165) is 5.56 Å². The van der Waals surface area contributed by atoms with Gasteiger partial charge in [0, 0.05) is 11.6 Å². The smallest absolute Gasteiger partial charge is 0.333 e. The van der Waals surface area contributed by atoms with Gasteiger partial charge < -0.3 is 9.47 Å². The van der Waals surface area contributed by atoms with Crippen molar-refractivity contribution in [1.82, 2.24) is 0 Å². The van der Waals surface area contributed by atoms with Crippen molar-refractivity contribution in [3.63, 3.8) is 0 Å². The number of benzene rings is 1. The van der Waals surface area contributed by atoms with E-state index in [-0.39, 0.29) is 18.1 Å². The first-order chi connectivity index (χ1) is 10.0. The zero-order chi connectivity index (χ0) is 15.7. The van der Waals surface area contributed by atoms with Crippen LogP contribution in [0.15, 0.2) is 48.6 Å². The van der Waals surface area contributed by atoms with Gasteiger partial charge in [-0.05, 0) is 18.6 Å². The van der Waals surface area contributed by atoms with E-state index in [1.54, 1.807) is 6.08 Å². The standard InChI is InChI=1S/C16H17ClO4/c1-12(2)16(19)20-11-14(10-17)21-15(18)9-8-13-6-4-3-5-7-13/h3-9,14H,1,10-11H2,2H3. The Morgan fingerprint density at radius 3 is 2.57 bits per heavy atom. The summed E-state index contributed by atoms with van der Waals surface area (Å²) in [6, 6.07) is 9.33. The Balaban J connectivity index is 2.45. The molecule has 4 nitrogen and oxygen atoms in total. The third kappa shape index (κ3) is 6.77. The fraction of sp³-hybridized carbons (Fsp3) is 0.250. The number of ether oxygens (including phenoxy) is 2. The quantitative estimate of drug-likeness (QED) is 0.441. The van der Waals surface area contributed by atoms with E-state index in [0.29, 0.717) is 0 Å². The summed E-state index contributed by atoms with van der Waals surface area (Å²) < 4.78 is 9.98. The Labute approximate surface area is 129 Å². The van der Waals surface area contributed by atoms with Gasteiger partial charge in [-0.2, -0.15) is 0 Å². The van der Waals surface area contributed by atoms with Crippen molar-refractivity contribution >= 4 is 29.6 Å². The lowest BCUT2D eigenvalue weighted by molar-refractivity contribution is -0.151. The van der Waals surface area contributed by atoms with Gasteiger partial charge in [0.25, 0.3) is 0 Å². The van der Waals surface area contributed by atoms with E-state index in [9.17, 15) is 9.59 Å². The number of hydrogen-bond acceptors (Lipinski definition) is 4. The van der Waals surface area contributed by atoms with Crippen LogP contribution in [0.5, 0.6) is 0 Å². The van der Waals surface area contributed by atoms with Crippen molar-refractivity contribution in [1.29, 1.82) is 0 Å². The number of carbonyl (C=O) groups excluding carboxylic acids is 2. The SMILES string of the molecule is C=C(C)C(=O)OCC(CCl)OC(=O)C=Cc1ccccc1.